The van der Waals surface area contributed by atoms with E-state index in [0.717, 1.165) is 5.57 Å². The number of nitrogens with two attached hydrogens (primary N) is 1. The number of aliphatic hydroxyl groups is 2. The molecular weight excluding hydrogens is 577 g/mol. The molecular formula is C32H36FNO10. The molecule has 0 saturated carbocycles. The van der Waals surface area contributed by atoms with E-state index in [2.05, 4.69) is 0 Å². The van der Waals surface area contributed by atoms with E-state index in [-0.39, 0.29) is 33.4 Å². The van der Waals surface area contributed by atoms with E-state index in [9.17, 15) is 34.1 Å². The van der Waals surface area contributed by atoms with Crippen LogP contribution < -0.4 is 16.1 Å². The molecule has 2 aromatic carbocycles. The average molecular weight is 614 g/mol. The van der Waals surface area contributed by atoms with Gasteiger partial charge >= 0.3 is 11.7 Å². The highest BCUT2D eigenvalue weighted by atomic mass is 19.1. The maximum atomic E-state index is 14.3. The van der Waals surface area contributed by atoms with Crippen molar-refractivity contribution in [1.29, 1.82) is 0 Å². The Balaban J connectivity index is 1.63. The molecule has 4 atom stereocenters. The van der Waals surface area contributed by atoms with Gasteiger partial charge in [-0.1, -0.05) is 11.6 Å². The number of aromatic hydroxyl groups is 1. The number of hydrogen-bond donors (Lipinski definition) is 4. The van der Waals surface area contributed by atoms with E-state index in [0.29, 0.717) is 12.0 Å². The Bertz CT molecular complexity index is 1670. The first kappa shape index (κ1) is 32.6. The summed E-state index contributed by atoms with van der Waals surface area (Å²) >= 11 is 0. The third-order valence-electron chi connectivity index (χ3n) is 7.79. The summed E-state index contributed by atoms with van der Waals surface area (Å²) in [7, 11) is 0. The van der Waals surface area contributed by atoms with Crippen LogP contribution in [0, 0.1) is 18.7 Å². The number of halogens is 1. The van der Waals surface area contributed by atoms with Crippen molar-refractivity contribution >= 4 is 22.8 Å². The van der Waals surface area contributed by atoms with Crippen LogP contribution in [-0.2, 0) is 22.3 Å². The number of carbonyl (C=O) groups excluding carboxylic acids is 2. The van der Waals surface area contributed by atoms with E-state index >= 15 is 0 Å². The predicted molar refractivity (Wildman–Crippen MR) is 157 cm³/mol. The van der Waals surface area contributed by atoms with E-state index in [4.69, 9.17) is 24.4 Å². The normalized spacial score (nSPS) is 21.1. The second kappa shape index (κ2) is 12.8. The summed E-state index contributed by atoms with van der Waals surface area (Å²) < 4.78 is 36.7. The summed E-state index contributed by atoms with van der Waals surface area (Å²) in [6.07, 6.45) is -3.70. The molecule has 3 aromatic rings. The topological polar surface area (TPSA) is 179 Å². The van der Waals surface area contributed by atoms with Gasteiger partial charge in [0, 0.05) is 17.5 Å². The molecule has 0 bridgehead atoms. The predicted octanol–water partition coefficient (Wildman–Crippen LogP) is 3.83. The molecule has 1 aliphatic rings. The minimum absolute atomic E-state index is 0.0327. The fourth-order valence-corrected chi connectivity index (χ4v) is 5.24. The molecule has 1 saturated heterocycles. The van der Waals surface area contributed by atoms with Gasteiger partial charge in [0.25, 0.3) is 0 Å². The van der Waals surface area contributed by atoms with Gasteiger partial charge in [0.05, 0.1) is 29.1 Å². The lowest BCUT2D eigenvalue weighted by Gasteiger charge is -2.47. The Morgan fingerprint density at radius 2 is 1.89 bits per heavy atom. The van der Waals surface area contributed by atoms with E-state index in [1.54, 1.807) is 20.8 Å². The van der Waals surface area contributed by atoms with E-state index in [1.165, 1.54) is 30.3 Å². The number of fused-ring (bicyclic) bond motifs is 1. The molecule has 44 heavy (non-hydrogen) atoms. The molecule has 1 amide bonds. The van der Waals surface area contributed by atoms with Gasteiger partial charge in [-0.2, -0.15) is 0 Å². The number of ketones is 1. The van der Waals surface area contributed by atoms with Crippen molar-refractivity contribution in [3.63, 3.8) is 0 Å². The van der Waals surface area contributed by atoms with Gasteiger partial charge in [0.1, 0.15) is 29.0 Å². The molecule has 1 fully saturated rings. The van der Waals surface area contributed by atoms with Gasteiger partial charge < -0.3 is 39.7 Å². The summed E-state index contributed by atoms with van der Waals surface area (Å²) in [6.45, 7) is 8.07. The van der Waals surface area contributed by atoms with Gasteiger partial charge in [-0.3, -0.25) is 4.79 Å². The molecule has 12 heteroatoms. The van der Waals surface area contributed by atoms with Crippen molar-refractivity contribution in [1.82, 2.24) is 0 Å². The van der Waals surface area contributed by atoms with Crippen molar-refractivity contribution in [3.05, 3.63) is 80.5 Å². The van der Waals surface area contributed by atoms with E-state index < -0.39 is 72.1 Å². The minimum Gasteiger partial charge on any atom is -0.507 e. The molecule has 0 aliphatic carbocycles. The highest BCUT2D eigenvalue weighted by Gasteiger charge is 2.52. The van der Waals surface area contributed by atoms with Gasteiger partial charge in [-0.05, 0) is 76.9 Å². The number of ether oxygens (including phenoxy) is 3. The van der Waals surface area contributed by atoms with Crippen molar-refractivity contribution in [2.75, 3.05) is 6.61 Å². The summed E-state index contributed by atoms with van der Waals surface area (Å²) in [5.74, 6) is -2.14. The van der Waals surface area contributed by atoms with Gasteiger partial charge in [0.15, 0.2) is 11.9 Å². The number of aliphatic hydroxyl groups excluding tert-OH is 2. The van der Waals surface area contributed by atoms with Gasteiger partial charge in [0.2, 0.25) is 6.29 Å². The lowest BCUT2D eigenvalue weighted by molar-refractivity contribution is -0.290. The summed E-state index contributed by atoms with van der Waals surface area (Å²) in [4.78, 5) is 37.6. The summed E-state index contributed by atoms with van der Waals surface area (Å²) in [5, 5.41) is 31.9. The molecule has 11 nitrogen and oxygen atoms in total. The number of Topliss-reactive ketones (excluding diaryl/α,β-unsaturated/α-hetero) is 1. The molecule has 4 rings (SSSR count). The van der Waals surface area contributed by atoms with Crippen LogP contribution in [0.1, 0.15) is 54.7 Å². The second-order valence-electron chi connectivity index (χ2n) is 11.6. The van der Waals surface area contributed by atoms with Crippen LogP contribution in [0.5, 0.6) is 11.5 Å². The number of amides is 1. The summed E-state index contributed by atoms with van der Waals surface area (Å²) in [6, 6.07) is 6.80. The van der Waals surface area contributed by atoms with Crippen LogP contribution in [-0.4, -0.2) is 57.9 Å². The number of hydrogen-bond acceptors (Lipinski definition) is 10. The first-order chi connectivity index (χ1) is 20.6. The number of primary amides is 1. The lowest BCUT2D eigenvalue weighted by atomic mass is 9.81. The molecule has 1 aromatic heterocycles. The number of rotatable bonds is 9. The Hall–Kier alpha value is -4.26. The largest absolute Gasteiger partial charge is 0.507 e. The quantitative estimate of drug-likeness (QED) is 0.157. The van der Waals surface area contributed by atoms with Gasteiger partial charge in [-0.25, -0.2) is 14.0 Å². The molecule has 0 spiro atoms. The maximum absolute atomic E-state index is 14.3. The monoisotopic (exact) mass is 613 g/mol. The number of benzene rings is 2. The molecule has 236 valence electrons. The highest BCUT2D eigenvalue weighted by molar-refractivity contribution is 5.99. The maximum Gasteiger partial charge on any atom is 0.404 e. The average Bonchev–Trinajstić information content (AvgIpc) is 2.94. The van der Waals surface area contributed by atoms with E-state index in [1.807, 2.05) is 19.9 Å². The zero-order valence-corrected chi connectivity index (χ0v) is 25.0. The standard InChI is InChI=1S/C32H36FNO10/c1-15(2)6-7-17-12-18(8-10-22(17)33)23(36)13-20-25(37)19-9-11-24(16(3)27(19)42-29(20)39)41-30-26(38)28(43-31(34)40)21(14-35)32(4,5)44-30/h6,8-12,21,26,28,30,35,37-38H,7,13-14H2,1-5H3,(H2,34,40)/t21-,26?,28+,30-/m1/s1. The Morgan fingerprint density at radius 1 is 1.18 bits per heavy atom. The fraction of sp³-hybridized carbons (Fsp3) is 0.406. The van der Waals surface area contributed by atoms with Crippen LogP contribution >= 0.6 is 0 Å². The van der Waals surface area contributed by atoms with Crippen molar-refractivity contribution in [2.45, 2.75) is 71.6 Å². The number of allylic oxidation sites excluding steroid dienone is 2. The molecule has 1 aliphatic heterocycles. The lowest BCUT2D eigenvalue weighted by Crippen LogP contribution is -2.62. The van der Waals surface area contributed by atoms with Crippen LogP contribution in [0.15, 0.2) is 51.2 Å². The molecule has 1 unspecified atom stereocenters. The second-order valence-corrected chi connectivity index (χ2v) is 11.6. The highest BCUT2D eigenvalue weighted by Crippen LogP contribution is 2.39. The van der Waals surface area contributed by atoms with Crippen LogP contribution in [0.4, 0.5) is 9.18 Å². The van der Waals surface area contributed by atoms with Crippen molar-refractivity contribution in [3.8, 4) is 11.5 Å². The zero-order valence-electron chi connectivity index (χ0n) is 25.0. The summed E-state index contributed by atoms with van der Waals surface area (Å²) in [5.41, 5.74) is 4.57. The molecule has 2 heterocycles. The van der Waals surface area contributed by atoms with Crippen molar-refractivity contribution < 1.29 is 47.9 Å². The number of carbonyl (C=O) groups is 2. The van der Waals surface area contributed by atoms with Crippen LogP contribution in [0.25, 0.3) is 11.0 Å². The van der Waals surface area contributed by atoms with Crippen LogP contribution in [0.3, 0.4) is 0 Å². The minimum atomic E-state index is -1.55. The molecule has 5 N–H and O–H groups in total. The first-order valence-electron chi connectivity index (χ1n) is 14.0. The fourth-order valence-electron chi connectivity index (χ4n) is 5.24. The molecule has 0 radical (unpaired) electrons. The zero-order chi connectivity index (χ0) is 32.5. The van der Waals surface area contributed by atoms with Gasteiger partial charge in [-0.15, -0.1) is 0 Å². The third kappa shape index (κ3) is 6.62. The Kier molecular flexibility index (Phi) is 9.47. The Labute approximate surface area is 252 Å². The SMILES string of the molecule is CC(C)=CCc1cc(C(=O)Cc2c(O)c3ccc(O[C@@H]4OC(C)(C)[C@H](CO)[C@H](OC(N)=O)C4O)c(C)c3oc2=O)ccc1F. The smallest absolute Gasteiger partial charge is 0.404 e. The first-order valence-corrected chi connectivity index (χ1v) is 14.0. The number of aryl methyl sites for hydroxylation is 1. The Morgan fingerprint density at radius 3 is 2.52 bits per heavy atom. The van der Waals surface area contributed by atoms with Crippen LogP contribution in [0.2, 0.25) is 0 Å². The van der Waals surface area contributed by atoms with Crippen molar-refractivity contribution in [2.24, 2.45) is 11.7 Å². The third-order valence-corrected chi connectivity index (χ3v) is 7.79.